The minimum absolute atomic E-state index is 0.0828. The third kappa shape index (κ3) is 4.78. The third-order valence-corrected chi connectivity index (χ3v) is 3.91. The first kappa shape index (κ1) is 18.3. The number of methoxy groups -OCH3 is 1. The highest BCUT2D eigenvalue weighted by Gasteiger charge is 2.10. The van der Waals surface area contributed by atoms with Gasteiger partial charge in [-0.15, -0.1) is 0 Å². The molecule has 1 heterocycles. The summed E-state index contributed by atoms with van der Waals surface area (Å²) in [7, 11) is 1.61. The number of rotatable bonds is 7. The molecule has 3 aromatic rings. The fourth-order valence-corrected chi connectivity index (χ4v) is 2.50. The molecule has 0 saturated heterocycles. The van der Waals surface area contributed by atoms with Gasteiger partial charge in [-0.25, -0.2) is 14.4 Å². The maximum Gasteiger partial charge on any atom is 0.270 e. The average Bonchev–Trinajstić information content (AvgIpc) is 2.72. The fourth-order valence-electron chi connectivity index (χ4n) is 2.50. The summed E-state index contributed by atoms with van der Waals surface area (Å²) in [4.78, 5) is 20.6. The van der Waals surface area contributed by atoms with Crippen LogP contribution in [-0.4, -0.2) is 23.0 Å². The van der Waals surface area contributed by atoms with Gasteiger partial charge in [0.1, 0.15) is 17.3 Å². The van der Waals surface area contributed by atoms with E-state index in [1.807, 2.05) is 24.3 Å². The summed E-state index contributed by atoms with van der Waals surface area (Å²) in [5.74, 6) is 0.309. The van der Waals surface area contributed by atoms with E-state index in [1.165, 1.54) is 18.3 Å². The van der Waals surface area contributed by atoms with Gasteiger partial charge in [0.05, 0.1) is 7.11 Å². The predicted octanol–water partition coefficient (Wildman–Crippen LogP) is 3.17. The number of carbonyl (C=O) groups excluding carboxylic acids is 1. The van der Waals surface area contributed by atoms with Crippen molar-refractivity contribution in [2.24, 2.45) is 0 Å². The second kappa shape index (κ2) is 8.75. The van der Waals surface area contributed by atoms with Crippen LogP contribution in [0, 0.1) is 5.82 Å². The average molecular weight is 366 g/mol. The zero-order valence-electron chi connectivity index (χ0n) is 14.8. The van der Waals surface area contributed by atoms with Gasteiger partial charge >= 0.3 is 0 Å². The van der Waals surface area contributed by atoms with Gasteiger partial charge in [-0.3, -0.25) is 4.79 Å². The molecule has 0 aliphatic heterocycles. The molecule has 0 bridgehead atoms. The van der Waals surface area contributed by atoms with Crippen LogP contribution in [0.1, 0.15) is 21.6 Å². The number of ether oxygens (including phenoxy) is 1. The molecule has 138 valence electrons. The van der Waals surface area contributed by atoms with Crippen LogP contribution in [0.2, 0.25) is 0 Å². The number of benzene rings is 2. The van der Waals surface area contributed by atoms with Crippen LogP contribution in [0.15, 0.2) is 60.8 Å². The highest BCUT2D eigenvalue weighted by molar-refractivity contribution is 5.92. The van der Waals surface area contributed by atoms with Crippen molar-refractivity contribution in [3.63, 3.8) is 0 Å². The van der Waals surface area contributed by atoms with Crippen molar-refractivity contribution in [1.29, 1.82) is 0 Å². The Labute approximate surface area is 156 Å². The number of halogens is 1. The second-order valence-corrected chi connectivity index (χ2v) is 5.70. The first-order valence-electron chi connectivity index (χ1n) is 8.38. The van der Waals surface area contributed by atoms with Gasteiger partial charge in [0.15, 0.2) is 0 Å². The van der Waals surface area contributed by atoms with Crippen molar-refractivity contribution in [3.05, 3.63) is 83.4 Å². The number of nitrogens with one attached hydrogen (secondary N) is 2. The number of nitrogens with zero attached hydrogens (tertiary/aromatic N) is 2. The Morgan fingerprint density at radius 1 is 1.04 bits per heavy atom. The number of anilines is 1. The first-order chi connectivity index (χ1) is 13.2. The molecule has 2 aromatic carbocycles. The molecule has 0 saturated carbocycles. The van der Waals surface area contributed by atoms with Crippen molar-refractivity contribution in [2.75, 3.05) is 12.4 Å². The summed E-state index contributed by atoms with van der Waals surface area (Å²) in [6, 6.07) is 15.4. The molecule has 0 atom stereocenters. The molecule has 0 unspecified atom stereocenters. The molecule has 0 radical (unpaired) electrons. The fraction of sp³-hybridized carbons (Fsp3) is 0.150. The summed E-state index contributed by atoms with van der Waals surface area (Å²) < 4.78 is 18.9. The summed E-state index contributed by atoms with van der Waals surface area (Å²) >= 11 is 0. The number of aromatic nitrogens is 2. The van der Waals surface area contributed by atoms with Crippen molar-refractivity contribution in [2.45, 2.75) is 13.1 Å². The van der Waals surface area contributed by atoms with E-state index in [0.29, 0.717) is 18.1 Å². The predicted molar refractivity (Wildman–Crippen MR) is 99.9 cm³/mol. The standard InChI is InChI=1S/C20H19FN4O2/c1-27-18-9-5-3-7-15(18)13-24-20-22-11-10-17(25-20)19(26)23-12-14-6-2-4-8-16(14)21/h2-11H,12-13H2,1H3,(H,23,26)(H,22,24,25). The van der Waals surface area contributed by atoms with Gasteiger partial charge in [0.25, 0.3) is 5.91 Å². The Morgan fingerprint density at radius 3 is 2.56 bits per heavy atom. The molecule has 1 amide bonds. The SMILES string of the molecule is COc1ccccc1CNc1nccc(C(=O)NCc2ccccc2F)n1. The van der Waals surface area contributed by atoms with Crippen LogP contribution in [-0.2, 0) is 13.1 Å². The smallest absolute Gasteiger partial charge is 0.270 e. The Morgan fingerprint density at radius 2 is 1.78 bits per heavy atom. The topological polar surface area (TPSA) is 76.1 Å². The summed E-state index contributed by atoms with van der Waals surface area (Å²) in [5, 5.41) is 5.73. The van der Waals surface area contributed by atoms with E-state index in [9.17, 15) is 9.18 Å². The number of amides is 1. The molecule has 6 nitrogen and oxygen atoms in total. The van der Waals surface area contributed by atoms with E-state index in [4.69, 9.17) is 4.74 Å². The Balaban J connectivity index is 1.62. The molecule has 0 fully saturated rings. The van der Waals surface area contributed by atoms with Crippen LogP contribution in [0.25, 0.3) is 0 Å². The number of hydrogen-bond donors (Lipinski definition) is 2. The van der Waals surface area contributed by atoms with Crippen molar-refractivity contribution in [1.82, 2.24) is 15.3 Å². The van der Waals surface area contributed by atoms with Gasteiger partial charge in [-0.1, -0.05) is 36.4 Å². The second-order valence-electron chi connectivity index (χ2n) is 5.70. The van der Waals surface area contributed by atoms with E-state index >= 15 is 0 Å². The van der Waals surface area contributed by atoms with Crippen molar-refractivity contribution >= 4 is 11.9 Å². The van der Waals surface area contributed by atoms with Gasteiger partial charge in [-0.05, 0) is 18.2 Å². The van der Waals surface area contributed by atoms with Crippen molar-refractivity contribution < 1.29 is 13.9 Å². The minimum atomic E-state index is -0.402. The van der Waals surface area contributed by atoms with Gasteiger partial charge in [0.2, 0.25) is 5.95 Å². The van der Waals surface area contributed by atoms with E-state index < -0.39 is 5.91 Å². The van der Waals surface area contributed by atoms with E-state index in [-0.39, 0.29) is 18.1 Å². The molecule has 3 rings (SSSR count). The first-order valence-corrected chi connectivity index (χ1v) is 8.38. The van der Waals surface area contributed by atoms with E-state index in [2.05, 4.69) is 20.6 Å². The summed E-state index contributed by atoms with van der Waals surface area (Å²) in [6.07, 6.45) is 1.50. The minimum Gasteiger partial charge on any atom is -0.496 e. The zero-order chi connectivity index (χ0) is 19.1. The van der Waals surface area contributed by atoms with Crippen LogP contribution < -0.4 is 15.4 Å². The normalized spacial score (nSPS) is 10.3. The molecule has 0 aliphatic carbocycles. The van der Waals surface area contributed by atoms with Crippen LogP contribution in [0.5, 0.6) is 5.75 Å². The Bertz CT molecular complexity index is 933. The molecular weight excluding hydrogens is 347 g/mol. The highest BCUT2D eigenvalue weighted by Crippen LogP contribution is 2.18. The lowest BCUT2D eigenvalue weighted by molar-refractivity contribution is 0.0945. The lowest BCUT2D eigenvalue weighted by atomic mass is 10.2. The zero-order valence-corrected chi connectivity index (χ0v) is 14.8. The summed E-state index contributed by atoms with van der Waals surface area (Å²) in [6.45, 7) is 0.532. The van der Waals surface area contributed by atoms with Gasteiger partial charge in [0, 0.05) is 30.4 Å². The lowest BCUT2D eigenvalue weighted by Gasteiger charge is -2.10. The molecule has 7 heteroatoms. The molecule has 1 aromatic heterocycles. The van der Waals surface area contributed by atoms with Crippen molar-refractivity contribution in [3.8, 4) is 5.75 Å². The maximum absolute atomic E-state index is 13.6. The Hall–Kier alpha value is -3.48. The molecular formula is C20H19FN4O2. The Kier molecular flexibility index (Phi) is 5.94. The molecule has 2 N–H and O–H groups in total. The molecule has 0 spiro atoms. The van der Waals surface area contributed by atoms with Gasteiger partial charge in [-0.2, -0.15) is 0 Å². The molecule has 27 heavy (non-hydrogen) atoms. The van der Waals surface area contributed by atoms with Crippen LogP contribution in [0.3, 0.4) is 0 Å². The van der Waals surface area contributed by atoms with E-state index in [0.717, 1.165) is 11.3 Å². The number of carbonyl (C=O) groups is 1. The molecule has 0 aliphatic rings. The number of hydrogen-bond acceptors (Lipinski definition) is 5. The quantitative estimate of drug-likeness (QED) is 0.672. The third-order valence-electron chi connectivity index (χ3n) is 3.91. The number of para-hydroxylation sites is 1. The largest absolute Gasteiger partial charge is 0.496 e. The van der Waals surface area contributed by atoms with Crippen LogP contribution in [0.4, 0.5) is 10.3 Å². The highest BCUT2D eigenvalue weighted by atomic mass is 19.1. The summed E-state index contributed by atoms with van der Waals surface area (Å²) in [5.41, 5.74) is 1.55. The monoisotopic (exact) mass is 366 g/mol. The van der Waals surface area contributed by atoms with E-state index in [1.54, 1.807) is 25.3 Å². The maximum atomic E-state index is 13.6. The lowest BCUT2D eigenvalue weighted by Crippen LogP contribution is -2.24. The van der Waals surface area contributed by atoms with Gasteiger partial charge < -0.3 is 15.4 Å². The van der Waals surface area contributed by atoms with Crippen LogP contribution >= 0.6 is 0 Å².